The van der Waals surface area contributed by atoms with Crippen LogP contribution in [0.3, 0.4) is 0 Å². The minimum Gasteiger partial charge on any atom is -0.423 e. The predicted octanol–water partition coefficient (Wildman–Crippen LogP) is 1.84. The van der Waals surface area contributed by atoms with Gasteiger partial charge < -0.3 is 15.4 Å². The van der Waals surface area contributed by atoms with Crippen LogP contribution in [0.4, 0.5) is 24.5 Å². The molecule has 0 bridgehead atoms. The van der Waals surface area contributed by atoms with Crippen molar-refractivity contribution in [1.29, 1.82) is 0 Å². The molecule has 3 aromatic rings. The van der Waals surface area contributed by atoms with E-state index in [-0.39, 0.29) is 22.4 Å². The predicted molar refractivity (Wildman–Crippen MR) is 108 cm³/mol. The Morgan fingerprint density at radius 1 is 0.871 bits per heavy atom. The Hall–Kier alpha value is -3.35. The summed E-state index contributed by atoms with van der Waals surface area (Å²) in [5.74, 6) is -4.38. The standard InChI is InChI=1S/C19H14BF3N2O5S/c21-14-8-6-12(10-16(14)23)24-19(26)11-5-7-15(22)18(9-11)31(29,30)25-17-4-2-1-3-13(17)20(27)28/h1-10,25,27-28H,(H,24,26). The van der Waals surface area contributed by atoms with E-state index in [1.165, 1.54) is 24.3 Å². The van der Waals surface area contributed by atoms with Gasteiger partial charge in [-0.2, -0.15) is 0 Å². The van der Waals surface area contributed by atoms with Crippen LogP contribution in [0.2, 0.25) is 0 Å². The summed E-state index contributed by atoms with van der Waals surface area (Å²) < 4.78 is 68.0. The SMILES string of the molecule is O=C(Nc1ccc(F)c(F)c1)c1ccc(F)c(S(=O)(=O)Nc2ccccc2B(O)O)c1. The number of hydrogen-bond donors (Lipinski definition) is 4. The van der Waals surface area contributed by atoms with Gasteiger partial charge in [0.05, 0.1) is 0 Å². The number of anilines is 2. The molecule has 0 aliphatic rings. The van der Waals surface area contributed by atoms with E-state index in [0.29, 0.717) is 0 Å². The van der Waals surface area contributed by atoms with Crippen molar-refractivity contribution in [3.05, 3.63) is 83.7 Å². The average molecular weight is 450 g/mol. The Bertz CT molecular complexity index is 1260. The fourth-order valence-corrected chi connectivity index (χ4v) is 3.83. The monoisotopic (exact) mass is 450 g/mol. The summed E-state index contributed by atoms with van der Waals surface area (Å²) in [5.41, 5.74) is -0.740. The van der Waals surface area contributed by atoms with Gasteiger partial charge in [0.15, 0.2) is 11.6 Å². The van der Waals surface area contributed by atoms with Gasteiger partial charge in [0.25, 0.3) is 15.9 Å². The highest BCUT2D eigenvalue weighted by Crippen LogP contribution is 2.21. The van der Waals surface area contributed by atoms with Gasteiger partial charge in [-0.1, -0.05) is 18.2 Å². The van der Waals surface area contributed by atoms with Gasteiger partial charge in [-0.15, -0.1) is 0 Å². The molecule has 0 fully saturated rings. The lowest BCUT2D eigenvalue weighted by Crippen LogP contribution is -2.33. The summed E-state index contributed by atoms with van der Waals surface area (Å²) >= 11 is 0. The van der Waals surface area contributed by atoms with Crippen molar-refractivity contribution >= 4 is 39.9 Å². The van der Waals surface area contributed by atoms with Crippen LogP contribution >= 0.6 is 0 Å². The normalized spacial score (nSPS) is 11.1. The van der Waals surface area contributed by atoms with Crippen molar-refractivity contribution in [3.8, 4) is 0 Å². The minimum atomic E-state index is -4.58. The van der Waals surface area contributed by atoms with E-state index in [4.69, 9.17) is 0 Å². The van der Waals surface area contributed by atoms with Crippen molar-refractivity contribution in [1.82, 2.24) is 0 Å². The lowest BCUT2D eigenvalue weighted by atomic mass is 9.79. The number of para-hydroxylation sites is 1. The molecular weight excluding hydrogens is 436 g/mol. The maximum atomic E-state index is 14.3. The van der Waals surface area contributed by atoms with E-state index in [2.05, 4.69) is 5.32 Å². The maximum absolute atomic E-state index is 14.3. The van der Waals surface area contributed by atoms with E-state index in [0.717, 1.165) is 36.4 Å². The highest BCUT2D eigenvalue weighted by Gasteiger charge is 2.24. The highest BCUT2D eigenvalue weighted by molar-refractivity contribution is 7.92. The Labute approximate surface area is 175 Å². The van der Waals surface area contributed by atoms with Crippen LogP contribution in [0.1, 0.15) is 10.4 Å². The summed E-state index contributed by atoms with van der Waals surface area (Å²) in [6, 6.07) is 10.5. The molecule has 7 nitrogen and oxygen atoms in total. The lowest BCUT2D eigenvalue weighted by Gasteiger charge is -2.13. The second-order valence-corrected chi connectivity index (χ2v) is 7.95. The first kappa shape index (κ1) is 22.3. The first-order chi connectivity index (χ1) is 14.6. The molecule has 0 spiro atoms. The zero-order chi connectivity index (χ0) is 22.8. The van der Waals surface area contributed by atoms with Crippen LogP contribution in [-0.2, 0) is 10.0 Å². The molecule has 12 heteroatoms. The molecule has 3 aromatic carbocycles. The van der Waals surface area contributed by atoms with E-state index in [9.17, 15) is 36.4 Å². The Morgan fingerprint density at radius 2 is 1.55 bits per heavy atom. The molecule has 0 heterocycles. The maximum Gasteiger partial charge on any atom is 0.490 e. The van der Waals surface area contributed by atoms with Gasteiger partial charge in [-0.3, -0.25) is 9.52 Å². The molecule has 31 heavy (non-hydrogen) atoms. The van der Waals surface area contributed by atoms with Crippen molar-refractivity contribution in [3.63, 3.8) is 0 Å². The number of sulfonamides is 1. The minimum absolute atomic E-state index is 0.0957. The number of carbonyl (C=O) groups is 1. The summed E-state index contributed by atoms with van der Waals surface area (Å²) in [6.45, 7) is 0. The molecule has 3 rings (SSSR count). The van der Waals surface area contributed by atoms with Gasteiger partial charge in [-0.25, -0.2) is 21.6 Å². The van der Waals surface area contributed by atoms with E-state index in [1.807, 2.05) is 4.72 Å². The second-order valence-electron chi connectivity index (χ2n) is 6.29. The van der Waals surface area contributed by atoms with Crippen LogP contribution in [0.5, 0.6) is 0 Å². The van der Waals surface area contributed by atoms with E-state index >= 15 is 0 Å². The average Bonchev–Trinajstić information content (AvgIpc) is 2.70. The molecule has 1 amide bonds. The fourth-order valence-electron chi connectivity index (χ4n) is 2.64. The first-order valence-corrected chi connectivity index (χ1v) is 10.1. The lowest BCUT2D eigenvalue weighted by molar-refractivity contribution is 0.102. The Balaban J connectivity index is 1.91. The quantitative estimate of drug-likeness (QED) is 0.428. The smallest absolute Gasteiger partial charge is 0.423 e. The number of benzene rings is 3. The number of nitrogens with one attached hydrogen (secondary N) is 2. The molecular formula is C19H14BF3N2O5S. The molecule has 0 saturated carbocycles. The zero-order valence-corrected chi connectivity index (χ0v) is 16.3. The molecule has 0 atom stereocenters. The van der Waals surface area contributed by atoms with E-state index < -0.39 is 45.4 Å². The van der Waals surface area contributed by atoms with Crippen LogP contribution in [-0.4, -0.2) is 31.5 Å². The van der Waals surface area contributed by atoms with Crippen LogP contribution in [0.25, 0.3) is 0 Å². The number of rotatable bonds is 6. The Morgan fingerprint density at radius 3 is 2.23 bits per heavy atom. The van der Waals surface area contributed by atoms with Crippen LogP contribution < -0.4 is 15.5 Å². The third-order valence-corrected chi connectivity index (χ3v) is 5.52. The van der Waals surface area contributed by atoms with Crippen molar-refractivity contribution in [2.45, 2.75) is 4.90 Å². The number of amides is 1. The van der Waals surface area contributed by atoms with Crippen molar-refractivity contribution in [2.75, 3.05) is 10.0 Å². The number of carbonyl (C=O) groups excluding carboxylic acids is 1. The summed E-state index contributed by atoms with van der Waals surface area (Å²) in [4.78, 5) is 11.5. The zero-order valence-electron chi connectivity index (χ0n) is 15.5. The first-order valence-electron chi connectivity index (χ1n) is 8.62. The number of halogens is 3. The summed E-state index contributed by atoms with van der Waals surface area (Å²) in [6.07, 6.45) is 0. The van der Waals surface area contributed by atoms with Gasteiger partial charge in [0, 0.05) is 28.5 Å². The van der Waals surface area contributed by atoms with Crippen molar-refractivity contribution in [2.24, 2.45) is 0 Å². The van der Waals surface area contributed by atoms with Gasteiger partial charge in [-0.05, 0) is 36.4 Å². The Kier molecular flexibility index (Phi) is 6.34. The summed E-state index contributed by atoms with van der Waals surface area (Å²) in [7, 11) is -6.57. The molecule has 0 aliphatic carbocycles. The molecule has 0 radical (unpaired) electrons. The van der Waals surface area contributed by atoms with Gasteiger partial charge in [0.2, 0.25) is 0 Å². The molecule has 0 unspecified atom stereocenters. The van der Waals surface area contributed by atoms with Crippen LogP contribution in [0.15, 0.2) is 65.6 Å². The van der Waals surface area contributed by atoms with Crippen LogP contribution in [0, 0.1) is 17.5 Å². The van der Waals surface area contributed by atoms with Crippen molar-refractivity contribution < 1.29 is 36.4 Å². The highest BCUT2D eigenvalue weighted by atomic mass is 32.2. The van der Waals surface area contributed by atoms with Gasteiger partial charge >= 0.3 is 7.12 Å². The molecule has 0 aliphatic heterocycles. The molecule has 160 valence electrons. The molecule has 0 aromatic heterocycles. The molecule has 4 N–H and O–H groups in total. The summed E-state index contributed by atoms with van der Waals surface area (Å²) in [5, 5.41) is 21.0. The third kappa shape index (κ3) is 5.05. The van der Waals surface area contributed by atoms with Gasteiger partial charge in [0.1, 0.15) is 10.7 Å². The fraction of sp³-hybridized carbons (Fsp3) is 0. The number of hydrogen-bond acceptors (Lipinski definition) is 5. The topological polar surface area (TPSA) is 116 Å². The molecule has 0 saturated heterocycles. The van der Waals surface area contributed by atoms with E-state index in [1.54, 1.807) is 0 Å². The second kappa shape index (κ2) is 8.80. The largest absolute Gasteiger partial charge is 0.490 e. The third-order valence-electron chi connectivity index (χ3n) is 4.14.